The van der Waals surface area contributed by atoms with Crippen LogP contribution >= 0.6 is 0 Å². The highest BCUT2D eigenvalue weighted by Gasteiger charge is 2.30. The molecule has 0 aromatic heterocycles. The van der Waals surface area contributed by atoms with E-state index in [9.17, 15) is 22.9 Å². The van der Waals surface area contributed by atoms with E-state index < -0.39 is 23.9 Å². The van der Waals surface area contributed by atoms with Gasteiger partial charge in [0.15, 0.2) is 0 Å². The summed E-state index contributed by atoms with van der Waals surface area (Å²) in [5.74, 6) is -0.680. The molecule has 1 aromatic rings. The number of benzene rings is 1. The molecule has 1 unspecified atom stereocenters. The zero-order valence-electron chi connectivity index (χ0n) is 10.1. The van der Waals surface area contributed by atoms with E-state index in [-0.39, 0.29) is 5.56 Å². The van der Waals surface area contributed by atoms with Crippen LogP contribution in [0.2, 0.25) is 0 Å². The second kappa shape index (κ2) is 5.68. The third kappa shape index (κ3) is 3.94. The summed E-state index contributed by atoms with van der Waals surface area (Å²) >= 11 is 0. The highest BCUT2D eigenvalue weighted by Crippen LogP contribution is 2.31. The van der Waals surface area contributed by atoms with E-state index >= 15 is 0 Å². The first-order valence-corrected chi connectivity index (χ1v) is 5.16. The number of ether oxygens (including phenoxy) is 1. The van der Waals surface area contributed by atoms with E-state index in [1.165, 1.54) is 7.05 Å². The Hall–Kier alpha value is -2.12. The Labute approximate surface area is 106 Å². The zero-order chi connectivity index (χ0) is 14.6. The van der Waals surface area contributed by atoms with E-state index in [1.54, 1.807) is 0 Å². The summed E-state index contributed by atoms with van der Waals surface area (Å²) in [6.07, 6.45) is -5.61. The fourth-order valence-corrected chi connectivity index (χ4v) is 1.40. The SMILES string of the molecule is CC(=O)OC(c1ccc(C(F)(F)F)cc1)N(C)N=O. The summed E-state index contributed by atoms with van der Waals surface area (Å²) in [6, 6.07) is 3.92. The molecule has 0 amide bonds. The fourth-order valence-electron chi connectivity index (χ4n) is 1.40. The fraction of sp³-hybridized carbons (Fsp3) is 0.364. The van der Waals surface area contributed by atoms with Gasteiger partial charge in [-0.1, -0.05) is 12.1 Å². The summed E-state index contributed by atoms with van der Waals surface area (Å²) in [5.41, 5.74) is -0.621. The summed E-state index contributed by atoms with van der Waals surface area (Å²) in [7, 11) is 1.25. The largest absolute Gasteiger partial charge is 0.436 e. The number of carbonyl (C=O) groups is 1. The smallest absolute Gasteiger partial charge is 0.416 e. The van der Waals surface area contributed by atoms with Crippen molar-refractivity contribution in [1.82, 2.24) is 5.01 Å². The van der Waals surface area contributed by atoms with Gasteiger partial charge in [-0.15, -0.1) is 4.91 Å². The lowest BCUT2D eigenvalue weighted by Crippen LogP contribution is -2.23. The van der Waals surface area contributed by atoms with Crippen molar-refractivity contribution in [2.24, 2.45) is 5.29 Å². The van der Waals surface area contributed by atoms with Gasteiger partial charge in [-0.05, 0) is 12.1 Å². The van der Waals surface area contributed by atoms with Gasteiger partial charge in [-0.2, -0.15) is 13.2 Å². The van der Waals surface area contributed by atoms with E-state index in [0.717, 1.165) is 36.2 Å². The van der Waals surface area contributed by atoms with Gasteiger partial charge in [-0.25, -0.2) is 5.01 Å². The summed E-state index contributed by atoms with van der Waals surface area (Å²) in [4.78, 5) is 21.3. The Bertz CT molecular complexity index is 459. The minimum absolute atomic E-state index is 0.213. The number of nitroso groups, excluding NO2 is 1. The summed E-state index contributed by atoms with van der Waals surface area (Å²) < 4.78 is 42.0. The van der Waals surface area contributed by atoms with Crippen molar-refractivity contribution in [2.75, 3.05) is 7.05 Å². The molecular formula is C11H11F3N2O3. The molecule has 0 aliphatic rings. The van der Waals surface area contributed by atoms with Gasteiger partial charge >= 0.3 is 12.1 Å². The first-order valence-electron chi connectivity index (χ1n) is 5.16. The number of carbonyl (C=O) groups excluding carboxylic acids is 1. The molecule has 19 heavy (non-hydrogen) atoms. The number of hydrogen-bond donors (Lipinski definition) is 0. The van der Waals surface area contributed by atoms with Gasteiger partial charge in [0.2, 0.25) is 6.23 Å². The third-order valence-corrected chi connectivity index (χ3v) is 2.27. The van der Waals surface area contributed by atoms with Gasteiger partial charge in [-0.3, -0.25) is 4.79 Å². The Morgan fingerprint density at radius 2 is 1.84 bits per heavy atom. The Morgan fingerprint density at radius 1 is 1.32 bits per heavy atom. The number of alkyl halides is 3. The Balaban J connectivity index is 3.03. The predicted octanol–water partition coefficient (Wildman–Crippen LogP) is 2.88. The number of halogens is 3. The first-order chi connectivity index (χ1) is 8.75. The molecule has 0 fully saturated rings. The normalized spacial score (nSPS) is 12.7. The zero-order valence-corrected chi connectivity index (χ0v) is 10.1. The predicted molar refractivity (Wildman–Crippen MR) is 59.5 cm³/mol. The van der Waals surface area contributed by atoms with Gasteiger partial charge in [0.05, 0.1) is 10.8 Å². The molecule has 1 atom stereocenters. The molecule has 0 spiro atoms. The van der Waals surface area contributed by atoms with Crippen LogP contribution in [0.4, 0.5) is 13.2 Å². The molecule has 1 aromatic carbocycles. The lowest BCUT2D eigenvalue weighted by molar-refractivity contribution is -0.156. The molecule has 0 saturated carbocycles. The Morgan fingerprint density at radius 3 is 2.21 bits per heavy atom. The number of esters is 1. The van der Waals surface area contributed by atoms with Crippen molar-refractivity contribution in [1.29, 1.82) is 0 Å². The van der Waals surface area contributed by atoms with E-state index in [2.05, 4.69) is 5.29 Å². The Kier molecular flexibility index (Phi) is 4.47. The highest BCUT2D eigenvalue weighted by molar-refractivity contribution is 5.66. The minimum atomic E-state index is -4.45. The molecule has 104 valence electrons. The molecule has 5 nitrogen and oxygen atoms in total. The lowest BCUT2D eigenvalue weighted by atomic mass is 10.1. The monoisotopic (exact) mass is 276 g/mol. The van der Waals surface area contributed by atoms with Crippen molar-refractivity contribution >= 4 is 5.97 Å². The summed E-state index contributed by atoms with van der Waals surface area (Å²) in [6.45, 7) is 1.12. The van der Waals surface area contributed by atoms with Crippen molar-refractivity contribution in [3.63, 3.8) is 0 Å². The maximum atomic E-state index is 12.4. The van der Waals surface area contributed by atoms with Gasteiger partial charge in [0.1, 0.15) is 0 Å². The van der Waals surface area contributed by atoms with Crippen LogP contribution in [0.3, 0.4) is 0 Å². The first kappa shape index (κ1) is 14.9. The number of hydrogen-bond acceptors (Lipinski definition) is 4. The molecule has 0 aliphatic carbocycles. The molecule has 0 saturated heterocycles. The lowest BCUT2D eigenvalue weighted by Gasteiger charge is -2.22. The van der Waals surface area contributed by atoms with Crippen LogP contribution in [-0.2, 0) is 15.7 Å². The number of nitrogens with zero attached hydrogens (tertiary/aromatic N) is 2. The van der Waals surface area contributed by atoms with E-state index in [0.29, 0.717) is 0 Å². The van der Waals surface area contributed by atoms with E-state index in [4.69, 9.17) is 4.74 Å². The highest BCUT2D eigenvalue weighted by atomic mass is 19.4. The van der Waals surface area contributed by atoms with Crippen LogP contribution in [0.15, 0.2) is 29.6 Å². The minimum Gasteiger partial charge on any atom is -0.436 e. The second-order valence-corrected chi connectivity index (χ2v) is 3.74. The average molecular weight is 276 g/mol. The van der Waals surface area contributed by atoms with Crippen LogP contribution in [0.1, 0.15) is 24.3 Å². The molecule has 0 bridgehead atoms. The molecule has 0 radical (unpaired) electrons. The maximum absolute atomic E-state index is 12.4. The summed E-state index contributed by atoms with van der Waals surface area (Å²) in [5, 5.41) is 3.37. The van der Waals surface area contributed by atoms with Crippen molar-refractivity contribution in [2.45, 2.75) is 19.3 Å². The van der Waals surface area contributed by atoms with Gasteiger partial charge in [0, 0.05) is 19.5 Å². The van der Waals surface area contributed by atoms with Crippen LogP contribution in [0.25, 0.3) is 0 Å². The van der Waals surface area contributed by atoms with Crippen molar-refractivity contribution in [3.8, 4) is 0 Å². The molecule has 1 rings (SSSR count). The molecule has 0 aliphatic heterocycles. The van der Waals surface area contributed by atoms with Crippen LogP contribution in [-0.4, -0.2) is 18.0 Å². The van der Waals surface area contributed by atoms with Crippen LogP contribution in [0, 0.1) is 4.91 Å². The second-order valence-electron chi connectivity index (χ2n) is 3.74. The van der Waals surface area contributed by atoms with Crippen LogP contribution in [0.5, 0.6) is 0 Å². The van der Waals surface area contributed by atoms with Gasteiger partial charge in [0.25, 0.3) is 0 Å². The molecule has 0 N–H and O–H groups in total. The maximum Gasteiger partial charge on any atom is 0.416 e. The van der Waals surface area contributed by atoms with Crippen molar-refractivity contribution < 1.29 is 22.7 Å². The molecular weight excluding hydrogens is 265 g/mol. The standard InChI is InChI=1S/C11H11F3N2O3/c1-7(17)19-10(16(2)15-18)8-3-5-9(6-4-8)11(12,13)14/h3-6,10H,1-2H3. The van der Waals surface area contributed by atoms with Gasteiger partial charge < -0.3 is 4.74 Å². The average Bonchev–Trinajstić information content (AvgIpc) is 2.34. The quantitative estimate of drug-likeness (QED) is 0.367. The van der Waals surface area contributed by atoms with E-state index in [1.807, 2.05) is 0 Å². The molecule has 0 heterocycles. The molecule has 8 heteroatoms. The number of rotatable bonds is 4. The third-order valence-electron chi connectivity index (χ3n) is 2.27. The van der Waals surface area contributed by atoms with Crippen molar-refractivity contribution in [3.05, 3.63) is 40.3 Å². The van der Waals surface area contributed by atoms with Crippen LogP contribution < -0.4 is 0 Å². The topological polar surface area (TPSA) is 59.0 Å².